The number of ether oxygens (including phenoxy) is 1. The van der Waals surface area contributed by atoms with Gasteiger partial charge in [0.25, 0.3) is 0 Å². The Hall–Kier alpha value is -2.15. The Morgan fingerprint density at radius 3 is 2.85 bits per heavy atom. The van der Waals surface area contributed by atoms with Crippen molar-refractivity contribution in [2.45, 2.75) is 37.9 Å². The monoisotopic (exact) mass is 402 g/mol. The first-order chi connectivity index (χ1) is 12.7. The predicted octanol–water partition coefficient (Wildman–Crippen LogP) is -1.33. The summed E-state index contributed by atoms with van der Waals surface area (Å²) in [6.45, 7) is 0.960. The van der Waals surface area contributed by atoms with Crippen LogP contribution in [0.4, 0.5) is 5.82 Å². The maximum atomic E-state index is 11.8. The summed E-state index contributed by atoms with van der Waals surface area (Å²) in [6.07, 6.45) is -2.51. The zero-order valence-corrected chi connectivity index (χ0v) is 15.1. The van der Waals surface area contributed by atoms with Gasteiger partial charge in [-0.15, -0.1) is 0 Å². The molecular formula is C13H19N6O7P. The predicted molar refractivity (Wildman–Crippen MR) is 89.9 cm³/mol. The molecule has 13 nitrogen and oxygen atoms in total. The Bertz CT molecular complexity index is 891. The molecule has 1 aliphatic rings. The minimum absolute atomic E-state index is 0.00402. The van der Waals surface area contributed by atoms with E-state index in [1.807, 2.05) is 5.09 Å². The van der Waals surface area contributed by atoms with E-state index >= 15 is 0 Å². The van der Waals surface area contributed by atoms with Gasteiger partial charge >= 0.3 is 7.75 Å². The van der Waals surface area contributed by atoms with E-state index in [4.69, 9.17) is 15.0 Å². The van der Waals surface area contributed by atoms with E-state index in [1.165, 1.54) is 24.1 Å². The van der Waals surface area contributed by atoms with E-state index in [1.54, 1.807) is 0 Å². The number of aliphatic hydroxyl groups is 2. The van der Waals surface area contributed by atoms with Gasteiger partial charge in [-0.05, 0) is 0 Å². The van der Waals surface area contributed by atoms with Gasteiger partial charge in [-0.2, -0.15) is 0 Å². The number of nitrogen functional groups attached to an aromatic ring is 1. The molecular weight excluding hydrogens is 383 g/mol. The third kappa shape index (κ3) is 3.93. The molecule has 2 aromatic rings. The Labute approximate surface area is 152 Å². The molecule has 0 saturated carbocycles. The number of fused-ring (bicyclic) bond motifs is 1. The van der Waals surface area contributed by atoms with E-state index in [0.717, 1.165) is 0 Å². The van der Waals surface area contributed by atoms with Crippen LogP contribution in [0, 0.1) is 0 Å². The van der Waals surface area contributed by atoms with E-state index in [9.17, 15) is 24.5 Å². The second kappa shape index (κ2) is 7.46. The van der Waals surface area contributed by atoms with Crippen LogP contribution >= 0.6 is 7.75 Å². The first-order valence-electron chi connectivity index (χ1n) is 7.96. The molecule has 1 amide bonds. The van der Waals surface area contributed by atoms with Crippen molar-refractivity contribution < 1.29 is 33.7 Å². The molecule has 3 rings (SSSR count). The number of rotatable bonds is 6. The number of nitrogens with zero attached hydrogens (tertiary/aromatic N) is 4. The van der Waals surface area contributed by atoms with Gasteiger partial charge in [-0.3, -0.25) is 19.0 Å². The third-order valence-electron chi connectivity index (χ3n) is 4.00. The topological polar surface area (TPSA) is 195 Å². The summed E-state index contributed by atoms with van der Waals surface area (Å²) in [4.78, 5) is 32.7. The summed E-state index contributed by atoms with van der Waals surface area (Å²) >= 11 is 0. The molecule has 5 atom stereocenters. The van der Waals surface area contributed by atoms with Crippen molar-refractivity contribution in [3.63, 3.8) is 0 Å². The average molecular weight is 402 g/mol. The van der Waals surface area contributed by atoms with Gasteiger partial charge in [0.1, 0.15) is 30.2 Å². The number of nitrogens with two attached hydrogens (primary N) is 1. The largest absolute Gasteiger partial charge is 0.432 e. The molecule has 1 saturated heterocycles. The number of amides is 1. The Morgan fingerprint density at radius 1 is 1.41 bits per heavy atom. The van der Waals surface area contributed by atoms with E-state index in [0.29, 0.717) is 5.52 Å². The van der Waals surface area contributed by atoms with Crippen LogP contribution in [0.2, 0.25) is 0 Å². The lowest BCUT2D eigenvalue weighted by Gasteiger charge is -2.18. The van der Waals surface area contributed by atoms with E-state index < -0.39 is 44.8 Å². The molecule has 27 heavy (non-hydrogen) atoms. The highest BCUT2D eigenvalue weighted by atomic mass is 31.2. The SMILES string of the molecule is CCC(=O)NP(=O)(O)OC[C@H]1O[C@@H](n2cnc3c(N)ncnc32)[C@H](O)[C@@H]1O. The Morgan fingerprint density at radius 2 is 2.15 bits per heavy atom. The minimum Gasteiger partial charge on any atom is -0.387 e. The van der Waals surface area contributed by atoms with Crippen molar-refractivity contribution in [1.82, 2.24) is 24.6 Å². The number of aromatic nitrogens is 4. The quantitative estimate of drug-likeness (QED) is 0.359. The van der Waals surface area contributed by atoms with Crippen LogP contribution in [0.5, 0.6) is 0 Å². The maximum Gasteiger partial charge on any atom is 0.432 e. The van der Waals surface area contributed by atoms with Gasteiger partial charge in [-0.1, -0.05) is 6.92 Å². The minimum atomic E-state index is -4.42. The maximum absolute atomic E-state index is 11.8. The van der Waals surface area contributed by atoms with Gasteiger partial charge in [-0.25, -0.2) is 19.5 Å². The summed E-state index contributed by atoms with van der Waals surface area (Å²) in [5.41, 5.74) is 6.29. The standard InChI is InChI=1S/C13H19N6O7P/c1-2-7(20)18-27(23,24)25-3-6-9(21)10(22)13(26-6)19-5-17-8-11(14)15-4-16-12(8)19/h4-6,9-10,13,21-22H,2-3H2,1H3,(H2,14,15,16)(H2,18,20,23,24)/t6-,9-,10-,13-/m1/s1. The van der Waals surface area contributed by atoms with Crippen LogP contribution in [0.25, 0.3) is 11.2 Å². The third-order valence-corrected chi connectivity index (χ3v) is 5.03. The first kappa shape index (κ1) is 19.6. The highest BCUT2D eigenvalue weighted by Gasteiger charge is 2.45. The Kier molecular flexibility index (Phi) is 5.42. The van der Waals surface area contributed by atoms with E-state index in [-0.39, 0.29) is 17.9 Å². The second-order valence-electron chi connectivity index (χ2n) is 5.83. The van der Waals surface area contributed by atoms with Crippen molar-refractivity contribution >= 4 is 30.6 Å². The average Bonchev–Trinajstić information content (AvgIpc) is 3.16. The molecule has 3 heterocycles. The number of carbonyl (C=O) groups is 1. The lowest BCUT2D eigenvalue weighted by Crippen LogP contribution is -2.34. The molecule has 14 heteroatoms. The fourth-order valence-corrected chi connectivity index (χ4v) is 3.48. The smallest absolute Gasteiger partial charge is 0.387 e. The molecule has 148 valence electrons. The number of hydrogen-bond acceptors (Lipinski definition) is 10. The van der Waals surface area contributed by atoms with Crippen molar-refractivity contribution in [2.75, 3.05) is 12.3 Å². The molecule has 1 fully saturated rings. The van der Waals surface area contributed by atoms with Gasteiger partial charge < -0.3 is 25.6 Å². The summed E-state index contributed by atoms with van der Waals surface area (Å²) < 4.78 is 23.5. The van der Waals surface area contributed by atoms with Crippen molar-refractivity contribution in [3.8, 4) is 0 Å². The number of hydrogen-bond donors (Lipinski definition) is 5. The summed E-state index contributed by atoms with van der Waals surface area (Å²) in [6, 6.07) is 0. The zero-order chi connectivity index (χ0) is 19.8. The molecule has 0 radical (unpaired) electrons. The fraction of sp³-hybridized carbons (Fsp3) is 0.538. The summed E-state index contributed by atoms with van der Waals surface area (Å²) in [7, 11) is -4.42. The number of aliphatic hydroxyl groups excluding tert-OH is 2. The lowest BCUT2D eigenvalue weighted by atomic mass is 10.1. The van der Waals surface area contributed by atoms with Crippen LogP contribution in [0.15, 0.2) is 12.7 Å². The van der Waals surface area contributed by atoms with E-state index in [2.05, 4.69) is 15.0 Å². The van der Waals surface area contributed by atoms with Crippen LogP contribution < -0.4 is 10.8 Å². The molecule has 6 N–H and O–H groups in total. The molecule has 0 spiro atoms. The van der Waals surface area contributed by atoms with Gasteiger partial charge in [0.15, 0.2) is 17.7 Å². The van der Waals surface area contributed by atoms with Crippen LogP contribution in [0.1, 0.15) is 19.6 Å². The lowest BCUT2D eigenvalue weighted by molar-refractivity contribution is -0.119. The number of carbonyl (C=O) groups excluding carboxylic acids is 1. The van der Waals surface area contributed by atoms with Crippen LogP contribution in [0.3, 0.4) is 0 Å². The highest BCUT2D eigenvalue weighted by Crippen LogP contribution is 2.39. The highest BCUT2D eigenvalue weighted by molar-refractivity contribution is 7.51. The fourth-order valence-electron chi connectivity index (χ4n) is 2.60. The van der Waals surface area contributed by atoms with Gasteiger partial charge in [0, 0.05) is 6.42 Å². The number of imidazole rings is 1. The van der Waals surface area contributed by atoms with Gasteiger partial charge in [0.2, 0.25) is 5.91 Å². The molecule has 0 aliphatic carbocycles. The normalized spacial score (nSPS) is 27.6. The molecule has 0 bridgehead atoms. The molecule has 2 aromatic heterocycles. The Balaban J connectivity index is 1.73. The van der Waals surface area contributed by atoms with Crippen LogP contribution in [-0.2, 0) is 18.6 Å². The second-order valence-corrected chi connectivity index (χ2v) is 7.36. The van der Waals surface area contributed by atoms with Crippen molar-refractivity contribution in [2.24, 2.45) is 0 Å². The van der Waals surface area contributed by atoms with Crippen molar-refractivity contribution in [1.29, 1.82) is 0 Å². The number of nitrogens with one attached hydrogen (secondary N) is 1. The molecule has 1 unspecified atom stereocenters. The zero-order valence-electron chi connectivity index (χ0n) is 14.2. The first-order valence-corrected chi connectivity index (χ1v) is 9.54. The summed E-state index contributed by atoms with van der Waals surface area (Å²) in [5, 5.41) is 22.3. The van der Waals surface area contributed by atoms with Crippen LogP contribution in [-0.4, -0.2) is 65.5 Å². The van der Waals surface area contributed by atoms with Crippen molar-refractivity contribution in [3.05, 3.63) is 12.7 Å². The molecule has 0 aromatic carbocycles. The molecule has 1 aliphatic heterocycles. The number of anilines is 1. The summed E-state index contributed by atoms with van der Waals surface area (Å²) in [5.74, 6) is -0.534. The van der Waals surface area contributed by atoms with Gasteiger partial charge in [0.05, 0.1) is 12.9 Å².